The van der Waals surface area contributed by atoms with Crippen molar-refractivity contribution >= 4 is 21.9 Å². The molecule has 0 fully saturated rings. The minimum atomic E-state index is -3.68. The van der Waals surface area contributed by atoms with Crippen LogP contribution in [0.3, 0.4) is 0 Å². The number of hydrogen-bond acceptors (Lipinski definition) is 6. The van der Waals surface area contributed by atoms with Crippen molar-refractivity contribution in [3.8, 4) is 0 Å². The van der Waals surface area contributed by atoms with Gasteiger partial charge in [-0.15, -0.1) is 9.19 Å². The fourth-order valence-electron chi connectivity index (χ4n) is 2.36. The maximum Gasteiger partial charge on any atom is 0.256 e. The van der Waals surface area contributed by atoms with E-state index in [1.54, 1.807) is 24.3 Å². The highest BCUT2D eigenvalue weighted by Crippen LogP contribution is 2.15. The predicted octanol–water partition coefficient (Wildman–Crippen LogP) is 2.98. The molecule has 1 heterocycles. The molecule has 3 aromatic rings. The molecule has 1 aromatic heterocycles. The van der Waals surface area contributed by atoms with Gasteiger partial charge in [0.15, 0.2) is 0 Å². The summed E-state index contributed by atoms with van der Waals surface area (Å²) < 4.78 is 51.4. The van der Waals surface area contributed by atoms with E-state index in [4.69, 9.17) is 0 Å². The smallest absolute Gasteiger partial charge is 0.256 e. The topological polar surface area (TPSA) is 88.9 Å². The molecule has 0 radical (unpaired) electrons. The van der Waals surface area contributed by atoms with Crippen LogP contribution >= 0.6 is 0 Å². The standard InChI is InChI=1S/C18H19F2N5O2S/c1-2-28(26,27)25-18(22-12-14-5-9-16(20)10-6-14)23-17(24-25)21-11-13-3-7-15(19)8-4-13/h3-10H,2,11-12H2,1H3,(H2,21,22,23,24). The Kier molecular flexibility index (Phi) is 5.88. The van der Waals surface area contributed by atoms with Crippen LogP contribution < -0.4 is 10.6 Å². The third-order valence-corrected chi connectivity index (χ3v) is 5.45. The SMILES string of the molecule is CCS(=O)(=O)n1nc(NCc2ccc(F)cc2)nc1NCc1ccc(F)cc1. The number of rotatable bonds is 8. The minimum Gasteiger partial charge on any atom is -0.349 e. The summed E-state index contributed by atoms with van der Waals surface area (Å²) in [6.45, 7) is 2.05. The highest BCUT2D eigenvalue weighted by Gasteiger charge is 2.20. The monoisotopic (exact) mass is 407 g/mol. The van der Waals surface area contributed by atoms with E-state index in [-0.39, 0.29) is 35.8 Å². The third kappa shape index (κ3) is 4.83. The van der Waals surface area contributed by atoms with E-state index in [1.165, 1.54) is 31.2 Å². The van der Waals surface area contributed by atoms with E-state index >= 15 is 0 Å². The summed E-state index contributed by atoms with van der Waals surface area (Å²) in [5, 5.41) is 9.86. The third-order valence-electron chi connectivity index (χ3n) is 3.93. The van der Waals surface area contributed by atoms with E-state index in [1.807, 2.05) is 0 Å². The summed E-state index contributed by atoms with van der Waals surface area (Å²) in [6.07, 6.45) is 0. The van der Waals surface area contributed by atoms with Gasteiger partial charge in [-0.05, 0) is 42.3 Å². The predicted molar refractivity (Wildman–Crippen MR) is 102 cm³/mol. The van der Waals surface area contributed by atoms with Gasteiger partial charge in [0.25, 0.3) is 10.0 Å². The molecule has 28 heavy (non-hydrogen) atoms. The number of hydrogen-bond donors (Lipinski definition) is 2. The Bertz CT molecular complexity index is 1030. The molecule has 3 rings (SSSR count). The first-order valence-electron chi connectivity index (χ1n) is 8.54. The molecule has 148 valence electrons. The molecule has 2 aromatic carbocycles. The molecule has 0 aliphatic heterocycles. The van der Waals surface area contributed by atoms with Crippen molar-refractivity contribution in [1.29, 1.82) is 0 Å². The van der Waals surface area contributed by atoms with Gasteiger partial charge >= 0.3 is 0 Å². The van der Waals surface area contributed by atoms with E-state index in [0.717, 1.165) is 15.2 Å². The summed E-state index contributed by atoms with van der Waals surface area (Å²) >= 11 is 0. The maximum absolute atomic E-state index is 13.0. The summed E-state index contributed by atoms with van der Waals surface area (Å²) in [5.74, 6) is -0.685. The Labute approximate surface area is 161 Å². The minimum absolute atomic E-state index is 0.0489. The van der Waals surface area contributed by atoms with Gasteiger partial charge in [-0.2, -0.15) is 4.98 Å². The zero-order valence-electron chi connectivity index (χ0n) is 15.1. The lowest BCUT2D eigenvalue weighted by atomic mass is 10.2. The molecule has 2 N–H and O–H groups in total. The maximum atomic E-state index is 13.0. The van der Waals surface area contributed by atoms with Crippen molar-refractivity contribution in [3.63, 3.8) is 0 Å². The molecular formula is C18H19F2N5O2S. The van der Waals surface area contributed by atoms with E-state index in [2.05, 4.69) is 20.7 Å². The molecule has 7 nitrogen and oxygen atoms in total. The highest BCUT2D eigenvalue weighted by molar-refractivity contribution is 7.89. The van der Waals surface area contributed by atoms with Gasteiger partial charge < -0.3 is 10.6 Å². The van der Waals surface area contributed by atoms with Crippen LogP contribution in [0.1, 0.15) is 18.1 Å². The number of nitrogens with zero attached hydrogens (tertiary/aromatic N) is 3. The van der Waals surface area contributed by atoms with Crippen LogP contribution in [0, 0.1) is 11.6 Å². The number of aromatic nitrogens is 3. The van der Waals surface area contributed by atoms with Crippen molar-refractivity contribution in [2.45, 2.75) is 20.0 Å². The van der Waals surface area contributed by atoms with Crippen LogP contribution in [0.5, 0.6) is 0 Å². The number of halogens is 2. The Morgan fingerprint density at radius 2 is 1.39 bits per heavy atom. The first-order valence-corrected chi connectivity index (χ1v) is 10.2. The first-order chi connectivity index (χ1) is 13.4. The van der Waals surface area contributed by atoms with E-state index in [9.17, 15) is 17.2 Å². The average molecular weight is 407 g/mol. The Morgan fingerprint density at radius 3 is 1.89 bits per heavy atom. The molecule has 0 saturated carbocycles. The highest BCUT2D eigenvalue weighted by atomic mass is 32.2. The normalized spacial score (nSPS) is 11.4. The number of nitrogens with one attached hydrogen (secondary N) is 2. The average Bonchev–Trinajstić information content (AvgIpc) is 3.11. The first kappa shape index (κ1) is 19.7. The lowest BCUT2D eigenvalue weighted by Crippen LogP contribution is -2.19. The van der Waals surface area contributed by atoms with Crippen LogP contribution in [-0.2, 0) is 23.1 Å². The molecule has 0 unspecified atom stereocenters. The van der Waals surface area contributed by atoms with Crippen molar-refractivity contribution < 1.29 is 17.2 Å². The summed E-state index contributed by atoms with van der Waals surface area (Å²) in [6, 6.07) is 11.7. The lowest BCUT2D eigenvalue weighted by molar-refractivity contribution is 0.582. The van der Waals surface area contributed by atoms with Crippen LogP contribution in [0.25, 0.3) is 0 Å². The van der Waals surface area contributed by atoms with Crippen molar-refractivity contribution in [3.05, 3.63) is 71.3 Å². The van der Waals surface area contributed by atoms with Crippen molar-refractivity contribution in [2.24, 2.45) is 0 Å². The molecule has 0 amide bonds. The Balaban J connectivity index is 1.77. The molecule has 0 saturated heterocycles. The molecule has 0 bridgehead atoms. The fourth-order valence-corrected chi connectivity index (χ4v) is 3.18. The summed E-state index contributed by atoms with van der Waals surface area (Å²) in [7, 11) is -3.68. The molecular weight excluding hydrogens is 388 g/mol. The van der Waals surface area contributed by atoms with Gasteiger partial charge in [0.2, 0.25) is 11.9 Å². The summed E-state index contributed by atoms with van der Waals surface area (Å²) in [4.78, 5) is 4.19. The molecule has 10 heteroatoms. The Hall–Kier alpha value is -3.01. The quantitative estimate of drug-likeness (QED) is 0.597. The van der Waals surface area contributed by atoms with Gasteiger partial charge in [-0.25, -0.2) is 17.2 Å². The second-order valence-corrected chi connectivity index (χ2v) is 8.05. The van der Waals surface area contributed by atoms with Gasteiger partial charge in [-0.1, -0.05) is 24.3 Å². The second-order valence-electron chi connectivity index (χ2n) is 5.96. The molecule has 0 aliphatic rings. The second kappa shape index (κ2) is 8.34. The molecule has 0 spiro atoms. The van der Waals surface area contributed by atoms with Gasteiger partial charge in [0.05, 0.1) is 5.75 Å². The molecule has 0 aliphatic carbocycles. The lowest BCUT2D eigenvalue weighted by Gasteiger charge is -2.07. The van der Waals surface area contributed by atoms with Crippen LogP contribution in [0.4, 0.5) is 20.7 Å². The van der Waals surface area contributed by atoms with Crippen LogP contribution in [0.2, 0.25) is 0 Å². The summed E-state index contributed by atoms with van der Waals surface area (Å²) in [5.41, 5.74) is 1.54. The van der Waals surface area contributed by atoms with Gasteiger partial charge in [0, 0.05) is 13.1 Å². The largest absolute Gasteiger partial charge is 0.349 e. The zero-order valence-corrected chi connectivity index (χ0v) is 15.9. The van der Waals surface area contributed by atoms with E-state index in [0.29, 0.717) is 6.54 Å². The van der Waals surface area contributed by atoms with Crippen molar-refractivity contribution in [1.82, 2.24) is 14.2 Å². The fraction of sp³-hybridized carbons (Fsp3) is 0.222. The zero-order chi connectivity index (χ0) is 20.1. The Morgan fingerprint density at radius 1 is 0.893 bits per heavy atom. The van der Waals surface area contributed by atoms with Crippen molar-refractivity contribution in [2.75, 3.05) is 16.4 Å². The number of benzene rings is 2. The molecule has 0 atom stereocenters. The van der Waals surface area contributed by atoms with E-state index < -0.39 is 10.0 Å². The van der Waals surface area contributed by atoms with Crippen LogP contribution in [0.15, 0.2) is 48.5 Å². The van der Waals surface area contributed by atoms with Gasteiger partial charge in [-0.3, -0.25) is 0 Å². The van der Waals surface area contributed by atoms with Crippen LogP contribution in [-0.4, -0.2) is 28.3 Å². The van der Waals surface area contributed by atoms with Gasteiger partial charge in [0.1, 0.15) is 11.6 Å². The number of anilines is 2.